The normalized spacial score (nSPS) is 17.3. The second-order valence-corrected chi connectivity index (χ2v) is 8.70. The van der Waals surface area contributed by atoms with E-state index in [1.807, 2.05) is 62.4 Å². The molecule has 0 fully saturated rings. The summed E-state index contributed by atoms with van der Waals surface area (Å²) in [4.78, 5) is 27.0. The van der Waals surface area contributed by atoms with E-state index in [9.17, 15) is 14.0 Å². The standard InChI is InChI=1S/C28H24FN3O2/c1-17-7-6-8-21(15-17)30-28(34)27-24(33)16-23-25(26(27)19-11-13-20(29)14-12-19)18(2)31-32(23)22-9-4-3-5-10-22/h3-15,26-27H,16H2,1-2H3,(H,30,34)/t26-,27+/m0/s1. The molecule has 1 amide bonds. The molecule has 1 N–H and O–H groups in total. The molecule has 1 aromatic heterocycles. The largest absolute Gasteiger partial charge is 0.325 e. The number of carbonyl (C=O) groups is 2. The zero-order chi connectivity index (χ0) is 23.8. The highest BCUT2D eigenvalue weighted by Crippen LogP contribution is 2.42. The molecule has 0 saturated carbocycles. The highest BCUT2D eigenvalue weighted by atomic mass is 19.1. The number of nitrogens with one attached hydrogen (secondary N) is 1. The molecule has 1 heterocycles. The number of rotatable bonds is 4. The lowest BCUT2D eigenvalue weighted by molar-refractivity contribution is -0.131. The molecule has 0 unspecified atom stereocenters. The van der Waals surface area contributed by atoms with Gasteiger partial charge in [0.05, 0.1) is 23.5 Å². The van der Waals surface area contributed by atoms with Gasteiger partial charge in [0.25, 0.3) is 0 Å². The molecule has 0 bridgehead atoms. The molecule has 3 aromatic carbocycles. The Balaban J connectivity index is 1.63. The molecular weight excluding hydrogens is 429 g/mol. The van der Waals surface area contributed by atoms with Crippen LogP contribution in [0.4, 0.5) is 10.1 Å². The van der Waals surface area contributed by atoms with Crippen LogP contribution in [0.25, 0.3) is 5.69 Å². The first-order chi connectivity index (χ1) is 16.4. The molecule has 170 valence electrons. The van der Waals surface area contributed by atoms with E-state index < -0.39 is 11.8 Å². The van der Waals surface area contributed by atoms with Crippen LogP contribution in [0.1, 0.15) is 34.0 Å². The number of carbonyl (C=O) groups excluding carboxylic acids is 2. The number of aryl methyl sites for hydroxylation is 2. The van der Waals surface area contributed by atoms with Gasteiger partial charge in [0, 0.05) is 17.2 Å². The lowest BCUT2D eigenvalue weighted by atomic mass is 9.72. The molecular formula is C28H24FN3O2. The van der Waals surface area contributed by atoms with Gasteiger partial charge in [-0.2, -0.15) is 5.10 Å². The van der Waals surface area contributed by atoms with Crippen LogP contribution in [0.3, 0.4) is 0 Å². The lowest BCUT2D eigenvalue weighted by Crippen LogP contribution is -2.40. The average Bonchev–Trinajstić information content (AvgIpc) is 3.15. The van der Waals surface area contributed by atoms with Crippen molar-refractivity contribution in [3.05, 3.63) is 113 Å². The Hall–Kier alpha value is -4.06. The van der Waals surface area contributed by atoms with Crippen molar-refractivity contribution in [1.29, 1.82) is 0 Å². The number of anilines is 1. The van der Waals surface area contributed by atoms with E-state index in [0.29, 0.717) is 11.3 Å². The summed E-state index contributed by atoms with van der Waals surface area (Å²) in [6, 6.07) is 23.1. The Morgan fingerprint density at radius 1 is 1.00 bits per heavy atom. The third-order valence-electron chi connectivity index (χ3n) is 6.34. The third kappa shape index (κ3) is 3.92. The van der Waals surface area contributed by atoms with E-state index in [0.717, 1.165) is 28.2 Å². The van der Waals surface area contributed by atoms with Gasteiger partial charge >= 0.3 is 0 Å². The third-order valence-corrected chi connectivity index (χ3v) is 6.34. The molecule has 1 aliphatic carbocycles. The predicted octanol–water partition coefficient (Wildman–Crippen LogP) is 5.14. The molecule has 4 aromatic rings. The van der Waals surface area contributed by atoms with Crippen molar-refractivity contribution in [2.75, 3.05) is 5.32 Å². The molecule has 0 saturated heterocycles. The first-order valence-electron chi connectivity index (χ1n) is 11.2. The summed E-state index contributed by atoms with van der Waals surface area (Å²) in [7, 11) is 0. The first kappa shape index (κ1) is 21.8. The maximum absolute atomic E-state index is 13.7. The number of halogens is 1. The van der Waals surface area contributed by atoms with Crippen molar-refractivity contribution in [1.82, 2.24) is 9.78 Å². The molecule has 1 aliphatic rings. The van der Waals surface area contributed by atoms with Crippen molar-refractivity contribution in [3.63, 3.8) is 0 Å². The molecule has 5 rings (SSSR count). The van der Waals surface area contributed by atoms with Gasteiger partial charge in [-0.15, -0.1) is 0 Å². The summed E-state index contributed by atoms with van der Waals surface area (Å²) >= 11 is 0. The van der Waals surface area contributed by atoms with Gasteiger partial charge < -0.3 is 5.32 Å². The SMILES string of the molecule is Cc1cccc(NC(=O)[C@@H]2C(=O)Cc3c(c(C)nn3-c3ccccc3)[C@@H]2c2ccc(F)cc2)c1. The second kappa shape index (κ2) is 8.71. The van der Waals surface area contributed by atoms with Crippen molar-refractivity contribution >= 4 is 17.4 Å². The highest BCUT2D eigenvalue weighted by molar-refractivity contribution is 6.10. The molecule has 34 heavy (non-hydrogen) atoms. The fraction of sp³-hybridized carbons (Fsp3) is 0.179. The first-order valence-corrected chi connectivity index (χ1v) is 11.2. The molecule has 0 aliphatic heterocycles. The summed E-state index contributed by atoms with van der Waals surface area (Å²) < 4.78 is 15.5. The van der Waals surface area contributed by atoms with Gasteiger partial charge in [0.15, 0.2) is 5.78 Å². The van der Waals surface area contributed by atoms with Crippen LogP contribution in [0.2, 0.25) is 0 Å². The van der Waals surface area contributed by atoms with Gasteiger partial charge in [-0.3, -0.25) is 9.59 Å². The predicted molar refractivity (Wildman–Crippen MR) is 129 cm³/mol. The van der Waals surface area contributed by atoms with Crippen molar-refractivity contribution in [3.8, 4) is 5.69 Å². The number of nitrogens with zero attached hydrogens (tertiary/aromatic N) is 2. The van der Waals surface area contributed by atoms with Gasteiger partial charge in [-0.05, 0) is 61.4 Å². The molecule has 0 radical (unpaired) electrons. The van der Waals surface area contributed by atoms with Crippen molar-refractivity contribution < 1.29 is 14.0 Å². The Labute approximate surface area is 197 Å². The summed E-state index contributed by atoms with van der Waals surface area (Å²) in [6.45, 7) is 3.83. The van der Waals surface area contributed by atoms with Crippen LogP contribution in [-0.2, 0) is 16.0 Å². The van der Waals surface area contributed by atoms with Gasteiger partial charge in [0.2, 0.25) is 5.91 Å². The second-order valence-electron chi connectivity index (χ2n) is 8.70. The van der Waals surface area contributed by atoms with Crippen LogP contribution in [0, 0.1) is 25.6 Å². The van der Waals surface area contributed by atoms with E-state index >= 15 is 0 Å². The maximum Gasteiger partial charge on any atom is 0.235 e. The average molecular weight is 454 g/mol. The molecule has 0 spiro atoms. The minimum atomic E-state index is -0.953. The van der Waals surface area contributed by atoms with E-state index in [4.69, 9.17) is 5.10 Å². The van der Waals surface area contributed by atoms with Crippen molar-refractivity contribution in [2.45, 2.75) is 26.2 Å². The van der Waals surface area contributed by atoms with Gasteiger partial charge in [-0.25, -0.2) is 9.07 Å². The quantitative estimate of drug-likeness (QED) is 0.435. The summed E-state index contributed by atoms with van der Waals surface area (Å²) in [5.74, 6) is -2.46. The topological polar surface area (TPSA) is 64.0 Å². The Morgan fingerprint density at radius 2 is 1.74 bits per heavy atom. The summed E-state index contributed by atoms with van der Waals surface area (Å²) in [5.41, 5.74) is 5.55. The monoisotopic (exact) mass is 453 g/mol. The van der Waals surface area contributed by atoms with E-state index in [-0.39, 0.29) is 23.9 Å². The van der Waals surface area contributed by atoms with Crippen LogP contribution >= 0.6 is 0 Å². The number of hydrogen-bond donors (Lipinski definition) is 1. The highest BCUT2D eigenvalue weighted by Gasteiger charge is 2.44. The van der Waals surface area contributed by atoms with E-state index in [1.54, 1.807) is 22.9 Å². The number of ketones is 1. The number of amides is 1. The fourth-order valence-corrected chi connectivity index (χ4v) is 4.84. The smallest absolute Gasteiger partial charge is 0.235 e. The van der Waals surface area contributed by atoms with Crippen LogP contribution < -0.4 is 5.32 Å². The molecule has 2 atom stereocenters. The number of benzene rings is 3. The summed E-state index contributed by atoms with van der Waals surface area (Å²) in [5, 5.41) is 7.66. The van der Waals surface area contributed by atoms with Crippen LogP contribution in [-0.4, -0.2) is 21.5 Å². The Kier molecular flexibility index (Phi) is 5.57. The number of Topliss-reactive ketones (excluding diaryl/α,β-unsaturated/α-hetero) is 1. The zero-order valence-electron chi connectivity index (χ0n) is 19.0. The minimum Gasteiger partial charge on any atom is -0.325 e. The maximum atomic E-state index is 13.7. The van der Waals surface area contributed by atoms with E-state index in [2.05, 4.69) is 5.32 Å². The van der Waals surface area contributed by atoms with Crippen LogP contribution in [0.5, 0.6) is 0 Å². The molecule has 5 nitrogen and oxygen atoms in total. The van der Waals surface area contributed by atoms with Crippen LogP contribution in [0.15, 0.2) is 78.9 Å². The number of para-hydroxylation sites is 1. The fourth-order valence-electron chi connectivity index (χ4n) is 4.84. The molecule has 6 heteroatoms. The Bertz CT molecular complexity index is 1380. The minimum absolute atomic E-state index is 0.0919. The zero-order valence-corrected chi connectivity index (χ0v) is 19.0. The Morgan fingerprint density at radius 3 is 2.44 bits per heavy atom. The summed E-state index contributed by atoms with van der Waals surface area (Å²) in [6.07, 6.45) is 0.0919. The number of aromatic nitrogens is 2. The van der Waals surface area contributed by atoms with Crippen molar-refractivity contribution in [2.24, 2.45) is 5.92 Å². The van der Waals surface area contributed by atoms with E-state index in [1.165, 1.54) is 12.1 Å². The van der Waals surface area contributed by atoms with Gasteiger partial charge in [0.1, 0.15) is 11.7 Å². The number of hydrogen-bond acceptors (Lipinski definition) is 3. The van der Waals surface area contributed by atoms with Gasteiger partial charge in [-0.1, -0.05) is 42.5 Å². The number of fused-ring (bicyclic) bond motifs is 1. The lowest BCUT2D eigenvalue weighted by Gasteiger charge is -2.31.